The molecule has 0 spiro atoms. The predicted octanol–water partition coefficient (Wildman–Crippen LogP) is 2.59. The lowest BCUT2D eigenvalue weighted by molar-refractivity contribution is 0.129. The van der Waals surface area contributed by atoms with Gasteiger partial charge in [-0.05, 0) is 57.2 Å². The first-order valence-electron chi connectivity index (χ1n) is 7.01. The summed E-state index contributed by atoms with van der Waals surface area (Å²) in [6.07, 6.45) is 6.48. The first-order valence-corrected chi connectivity index (χ1v) is 7.01. The summed E-state index contributed by atoms with van der Waals surface area (Å²) in [5.74, 6) is 0.885. The summed E-state index contributed by atoms with van der Waals surface area (Å²) >= 11 is 0. The summed E-state index contributed by atoms with van der Waals surface area (Å²) in [4.78, 5) is 6.66. The number of pyridine rings is 1. The Morgan fingerprint density at radius 2 is 1.89 bits per heavy atom. The minimum Gasteiger partial charge on any atom is -0.326 e. The first kappa shape index (κ1) is 13.5. The van der Waals surface area contributed by atoms with Crippen LogP contribution >= 0.6 is 0 Å². The lowest BCUT2D eigenvalue weighted by atomic mass is 9.98. The summed E-state index contributed by atoms with van der Waals surface area (Å²) in [6.45, 7) is 7.80. The van der Waals surface area contributed by atoms with Crippen LogP contribution < -0.4 is 5.73 Å². The molecule has 1 saturated carbocycles. The van der Waals surface area contributed by atoms with E-state index >= 15 is 0 Å². The van der Waals surface area contributed by atoms with Gasteiger partial charge in [-0.15, -0.1) is 0 Å². The maximum atomic E-state index is 6.24. The van der Waals surface area contributed by atoms with Gasteiger partial charge in [-0.1, -0.05) is 0 Å². The van der Waals surface area contributed by atoms with Gasteiger partial charge in [0.1, 0.15) is 0 Å². The lowest BCUT2D eigenvalue weighted by Gasteiger charge is -2.37. The fraction of sp³-hybridized carbons (Fsp3) is 0.667. The summed E-state index contributed by atoms with van der Waals surface area (Å²) < 4.78 is 0. The van der Waals surface area contributed by atoms with Crippen molar-refractivity contribution < 1.29 is 0 Å². The average Bonchev–Trinajstić information content (AvgIpc) is 3.13. The average molecular weight is 247 g/mol. The van der Waals surface area contributed by atoms with Crippen molar-refractivity contribution in [2.75, 3.05) is 6.54 Å². The molecule has 0 radical (unpaired) electrons. The van der Waals surface area contributed by atoms with Gasteiger partial charge >= 0.3 is 0 Å². The van der Waals surface area contributed by atoms with Gasteiger partial charge < -0.3 is 5.73 Å². The van der Waals surface area contributed by atoms with Crippen molar-refractivity contribution in [3.05, 3.63) is 30.1 Å². The Balaban J connectivity index is 2.20. The molecule has 1 aromatic heterocycles. The van der Waals surface area contributed by atoms with Crippen molar-refractivity contribution in [2.45, 2.75) is 51.7 Å². The summed E-state index contributed by atoms with van der Waals surface area (Å²) in [6, 6.07) is 5.14. The Hall–Kier alpha value is -0.930. The Kier molecular flexibility index (Phi) is 4.36. The van der Waals surface area contributed by atoms with Gasteiger partial charge in [0.25, 0.3) is 0 Å². The first-order chi connectivity index (χ1) is 8.59. The van der Waals surface area contributed by atoms with E-state index in [-0.39, 0.29) is 6.04 Å². The van der Waals surface area contributed by atoms with Crippen LogP contribution in [0.2, 0.25) is 0 Å². The molecule has 0 amide bonds. The second kappa shape index (κ2) is 5.81. The topological polar surface area (TPSA) is 42.1 Å². The Morgan fingerprint density at radius 3 is 2.33 bits per heavy atom. The minimum atomic E-state index is 0.133. The van der Waals surface area contributed by atoms with Gasteiger partial charge in [0.15, 0.2) is 0 Å². The van der Waals surface area contributed by atoms with Crippen LogP contribution in [0.1, 0.15) is 45.2 Å². The van der Waals surface area contributed by atoms with Crippen LogP contribution in [-0.4, -0.2) is 28.5 Å². The van der Waals surface area contributed by atoms with E-state index in [1.165, 1.54) is 24.9 Å². The molecule has 2 unspecified atom stereocenters. The number of rotatable bonds is 6. The van der Waals surface area contributed by atoms with Gasteiger partial charge in [-0.3, -0.25) is 9.88 Å². The number of hydrogen-bond acceptors (Lipinski definition) is 3. The van der Waals surface area contributed by atoms with Crippen molar-refractivity contribution in [3.63, 3.8) is 0 Å². The molecule has 3 nitrogen and oxygen atoms in total. The van der Waals surface area contributed by atoms with Crippen molar-refractivity contribution in [2.24, 2.45) is 11.7 Å². The molecule has 3 heteroatoms. The van der Waals surface area contributed by atoms with Crippen molar-refractivity contribution in [3.8, 4) is 0 Å². The summed E-state index contributed by atoms with van der Waals surface area (Å²) in [5.41, 5.74) is 7.53. The van der Waals surface area contributed by atoms with E-state index in [9.17, 15) is 0 Å². The molecule has 18 heavy (non-hydrogen) atoms. The molecule has 1 fully saturated rings. The van der Waals surface area contributed by atoms with Gasteiger partial charge in [0.2, 0.25) is 0 Å². The molecular formula is C15H25N3. The molecule has 0 bridgehead atoms. The van der Waals surface area contributed by atoms with Crippen LogP contribution in [0.4, 0.5) is 0 Å². The highest BCUT2D eigenvalue weighted by Gasteiger charge is 2.31. The molecule has 0 aromatic carbocycles. The van der Waals surface area contributed by atoms with Gasteiger partial charge in [-0.25, -0.2) is 0 Å². The predicted molar refractivity (Wildman–Crippen MR) is 75.2 cm³/mol. The third kappa shape index (κ3) is 3.30. The number of hydrogen-bond donors (Lipinski definition) is 1. The zero-order valence-corrected chi connectivity index (χ0v) is 11.7. The number of nitrogens with zero attached hydrogens (tertiary/aromatic N) is 2. The molecule has 2 atom stereocenters. The normalized spacial score (nSPS) is 19.2. The molecule has 1 aromatic rings. The smallest absolute Gasteiger partial charge is 0.0500 e. The highest BCUT2D eigenvalue weighted by atomic mass is 15.2. The molecule has 100 valence electrons. The van der Waals surface area contributed by atoms with Crippen molar-refractivity contribution in [1.82, 2.24) is 9.88 Å². The van der Waals surface area contributed by atoms with E-state index in [0.29, 0.717) is 12.1 Å². The van der Waals surface area contributed by atoms with Gasteiger partial charge in [-0.2, -0.15) is 0 Å². The maximum absolute atomic E-state index is 6.24. The fourth-order valence-corrected chi connectivity index (χ4v) is 2.60. The zero-order chi connectivity index (χ0) is 13.1. The molecule has 0 aliphatic heterocycles. The van der Waals surface area contributed by atoms with E-state index in [2.05, 4.69) is 42.8 Å². The monoisotopic (exact) mass is 247 g/mol. The third-order valence-corrected chi connectivity index (χ3v) is 3.73. The molecular weight excluding hydrogens is 222 g/mol. The third-order valence-electron chi connectivity index (χ3n) is 3.73. The van der Waals surface area contributed by atoms with Crippen LogP contribution in [0.15, 0.2) is 24.5 Å². The summed E-state index contributed by atoms with van der Waals surface area (Å²) in [7, 11) is 0. The molecule has 2 N–H and O–H groups in total. The van der Waals surface area contributed by atoms with E-state index in [1.807, 2.05) is 12.4 Å². The van der Waals surface area contributed by atoms with Gasteiger partial charge in [0.05, 0.1) is 0 Å². The van der Waals surface area contributed by atoms with E-state index in [1.54, 1.807) is 0 Å². The molecule has 1 aliphatic carbocycles. The second-order valence-corrected chi connectivity index (χ2v) is 5.82. The highest BCUT2D eigenvalue weighted by Crippen LogP contribution is 2.34. The molecule has 0 saturated heterocycles. The van der Waals surface area contributed by atoms with Crippen LogP contribution in [0.5, 0.6) is 0 Å². The molecule has 1 aliphatic rings. The molecule has 2 rings (SSSR count). The van der Waals surface area contributed by atoms with Crippen LogP contribution in [0.25, 0.3) is 0 Å². The van der Waals surface area contributed by atoms with Crippen LogP contribution in [-0.2, 0) is 0 Å². The standard InChI is InChI=1S/C15H25N3/c1-11(2)18(10-13-4-5-13)15(12(3)16)14-6-8-17-9-7-14/h6-9,11-13,15H,4-5,10,16H2,1-3H3. The van der Waals surface area contributed by atoms with Crippen LogP contribution in [0, 0.1) is 5.92 Å². The largest absolute Gasteiger partial charge is 0.326 e. The van der Waals surface area contributed by atoms with Crippen LogP contribution in [0.3, 0.4) is 0 Å². The zero-order valence-electron chi connectivity index (χ0n) is 11.7. The Morgan fingerprint density at radius 1 is 1.28 bits per heavy atom. The maximum Gasteiger partial charge on any atom is 0.0500 e. The SMILES string of the molecule is CC(N)C(c1ccncc1)N(CC1CC1)C(C)C. The lowest BCUT2D eigenvalue weighted by Crippen LogP contribution is -2.44. The van der Waals surface area contributed by atoms with E-state index in [4.69, 9.17) is 5.73 Å². The highest BCUT2D eigenvalue weighted by molar-refractivity contribution is 5.17. The van der Waals surface area contributed by atoms with Gasteiger partial charge in [0, 0.05) is 37.1 Å². The van der Waals surface area contributed by atoms with E-state index < -0.39 is 0 Å². The number of aromatic nitrogens is 1. The summed E-state index contributed by atoms with van der Waals surface area (Å²) in [5, 5.41) is 0. The Bertz CT molecular complexity index is 357. The molecule has 1 heterocycles. The van der Waals surface area contributed by atoms with Crippen molar-refractivity contribution in [1.29, 1.82) is 0 Å². The fourth-order valence-electron chi connectivity index (χ4n) is 2.60. The quantitative estimate of drug-likeness (QED) is 0.840. The number of nitrogens with two attached hydrogens (primary N) is 1. The minimum absolute atomic E-state index is 0.133. The Labute approximate surface area is 110 Å². The van der Waals surface area contributed by atoms with Crippen molar-refractivity contribution >= 4 is 0 Å². The van der Waals surface area contributed by atoms with E-state index in [0.717, 1.165) is 5.92 Å². The second-order valence-electron chi connectivity index (χ2n) is 5.82.